The molecule has 0 spiro atoms. The van der Waals surface area contributed by atoms with Gasteiger partial charge in [-0.2, -0.15) is 11.8 Å². The van der Waals surface area contributed by atoms with Gasteiger partial charge in [0, 0.05) is 32.4 Å². The molecule has 624 valence electrons. The standard InChI is InChI=1S/C72H120N18O20S/c1-11-39(7)57(88-59(97)44(74)28-32-111-10)69(107)87-50(34-38(5)6)65(103)84-49(33-37(3)4)64(102)82-48(25-27-56(95)96)62(100)85-51(35-42-20-22-43(91)23-21-42)66(104)80-45(17-13-14-29-73)63(101)89-58(40(8)12-2)70(108)90-31-16-19-53(90)68(106)83-46(18-15-30-78-72(76)77)61(99)86-52(36-54(75)92)67(105)81-47(24-26-55(93)94)60(98)79-41(9)71(109)110/h20-23,37-41,44-53,57-58,91H,11-19,24-36,73-74H2,1-10H3,(H2,75,92)(H,79,98)(H,80,104)(H,81,105)(H,82,102)(H,83,106)(H,84,103)(H,85,100)(H,86,99)(H,87,107)(H,88,97)(H,89,101)(H,93,94)(H,95,96)(H,109,110)(H4,76,77,78)/t39-,40-,41-,44-,45-,46-,47-,48-,49-,50-,51-,52-,53-,57-,58-/m0/s1. The van der Waals surface area contributed by atoms with Gasteiger partial charge in [0.25, 0.3) is 0 Å². The van der Waals surface area contributed by atoms with E-state index in [2.05, 4.69) is 63.5 Å². The number of phenolic OH excluding ortho intramolecular Hbond substituents is 1. The number of hydrogen-bond acceptors (Lipinski definition) is 21. The number of aromatic hydroxyl groups is 1. The lowest BCUT2D eigenvalue weighted by molar-refractivity contribution is -0.144. The molecule has 1 aliphatic rings. The number of thioether (sulfide) groups is 1. The number of carboxylic acids is 3. The molecule has 111 heavy (non-hydrogen) atoms. The molecule has 0 unspecified atom stereocenters. The number of carboxylic acid groups (broad SMARTS) is 3. The van der Waals surface area contributed by atoms with E-state index in [9.17, 15) is 92.3 Å². The van der Waals surface area contributed by atoms with Crippen LogP contribution in [0.4, 0.5) is 0 Å². The summed E-state index contributed by atoms with van der Waals surface area (Å²) in [6, 6.07) is -13.3. The van der Waals surface area contributed by atoms with Crippen LogP contribution in [0.5, 0.6) is 5.75 Å². The van der Waals surface area contributed by atoms with E-state index in [4.69, 9.17) is 28.7 Å². The molecule has 39 heteroatoms. The number of carbonyl (C=O) groups excluding carboxylic acids is 13. The van der Waals surface area contributed by atoms with Gasteiger partial charge in [-0.3, -0.25) is 81.7 Å². The fourth-order valence-corrected chi connectivity index (χ4v) is 12.3. The first-order valence-electron chi connectivity index (χ1n) is 37.6. The largest absolute Gasteiger partial charge is 0.508 e. The molecular formula is C72H120N18O20S. The molecule has 0 aromatic heterocycles. The molecule has 1 fully saturated rings. The van der Waals surface area contributed by atoms with Crippen LogP contribution in [0, 0.1) is 23.7 Å². The van der Waals surface area contributed by atoms with Crippen molar-refractivity contribution < 1.29 is 97.1 Å². The molecular weight excluding hydrogens is 1470 g/mol. The highest BCUT2D eigenvalue weighted by Gasteiger charge is 2.43. The number of amides is 13. The molecule has 1 aliphatic heterocycles. The van der Waals surface area contributed by atoms with Crippen LogP contribution in [0.1, 0.15) is 177 Å². The first kappa shape index (κ1) is 97.2. The Morgan fingerprint density at radius 3 is 1.44 bits per heavy atom. The summed E-state index contributed by atoms with van der Waals surface area (Å²) in [6.45, 7) is 15.2. The third-order valence-electron chi connectivity index (χ3n) is 18.6. The third kappa shape index (κ3) is 35.8. The number of aliphatic carboxylic acids is 3. The Balaban J connectivity index is 2.64. The van der Waals surface area contributed by atoms with Crippen LogP contribution < -0.4 is 87.2 Å². The van der Waals surface area contributed by atoms with E-state index in [1.807, 2.05) is 13.2 Å². The summed E-state index contributed by atoms with van der Waals surface area (Å²) in [6.07, 6.45) is -0.298. The van der Waals surface area contributed by atoms with E-state index in [1.54, 1.807) is 48.5 Å². The van der Waals surface area contributed by atoms with Gasteiger partial charge in [0.2, 0.25) is 76.8 Å². The highest BCUT2D eigenvalue weighted by Crippen LogP contribution is 2.24. The summed E-state index contributed by atoms with van der Waals surface area (Å²) < 4.78 is 0. The quantitative estimate of drug-likeness (QED) is 0.0181. The Kier molecular flexibility index (Phi) is 43.8. The van der Waals surface area contributed by atoms with Crippen molar-refractivity contribution in [2.45, 2.75) is 256 Å². The first-order chi connectivity index (χ1) is 52.2. The number of hydrogen-bond donors (Lipinski definition) is 20. The number of aliphatic imine (C=N–C) groups is 1. The van der Waals surface area contributed by atoms with Crippen molar-refractivity contribution in [2.24, 2.45) is 57.3 Å². The third-order valence-corrected chi connectivity index (χ3v) is 19.2. The molecule has 0 bridgehead atoms. The Morgan fingerprint density at radius 2 is 0.955 bits per heavy atom. The highest BCUT2D eigenvalue weighted by atomic mass is 32.2. The van der Waals surface area contributed by atoms with Crippen molar-refractivity contribution in [3.63, 3.8) is 0 Å². The molecule has 0 aliphatic carbocycles. The zero-order chi connectivity index (χ0) is 83.9. The van der Waals surface area contributed by atoms with E-state index in [-0.39, 0.29) is 107 Å². The van der Waals surface area contributed by atoms with Crippen molar-refractivity contribution in [3.05, 3.63) is 29.8 Å². The molecule has 1 saturated heterocycles. The van der Waals surface area contributed by atoms with Crippen LogP contribution in [-0.4, -0.2) is 236 Å². The molecule has 0 radical (unpaired) electrons. The summed E-state index contributed by atoms with van der Waals surface area (Å²) in [5.74, 6) is -17.8. The van der Waals surface area contributed by atoms with Crippen LogP contribution in [0.2, 0.25) is 0 Å². The van der Waals surface area contributed by atoms with Crippen molar-refractivity contribution >= 4 is 112 Å². The topological polar surface area (TPSA) is 632 Å². The van der Waals surface area contributed by atoms with E-state index in [0.29, 0.717) is 30.6 Å². The Labute approximate surface area is 651 Å². The predicted octanol–water partition coefficient (Wildman–Crippen LogP) is -2.58. The van der Waals surface area contributed by atoms with Crippen molar-refractivity contribution in [1.82, 2.24) is 63.4 Å². The SMILES string of the molecule is CC[C@H](C)[C@H](NC(=O)[C@@H](N)CCSC)C(=O)N[C@@H](CC(C)C)C(=O)N[C@@H](CC(C)C)C(=O)N[C@@H](CCC(=O)O)C(=O)N[C@@H](Cc1ccc(O)cc1)C(=O)N[C@@H](CCCCN)C(=O)N[C@H](C(=O)N1CCC[C@H]1C(=O)N[C@@H](CCCN=C(N)N)C(=O)N[C@@H](CC(N)=O)C(=O)N[C@@H](CCC(=O)O)C(=O)N[C@@H](C)C(=O)O)[C@@H](C)CC. The minimum atomic E-state index is -1.88. The average Bonchev–Trinajstić information content (AvgIpc) is 1.72. The number of unbranched alkanes of at least 4 members (excludes halogenated alkanes) is 1. The molecule has 1 heterocycles. The Bertz CT molecular complexity index is 3350. The lowest BCUT2D eigenvalue weighted by Crippen LogP contribution is -2.61. The number of nitrogens with two attached hydrogens (primary N) is 5. The molecule has 15 atom stereocenters. The van der Waals surface area contributed by atoms with E-state index in [1.165, 1.54) is 40.9 Å². The highest BCUT2D eigenvalue weighted by molar-refractivity contribution is 7.98. The summed E-state index contributed by atoms with van der Waals surface area (Å²) in [7, 11) is 0. The second kappa shape index (κ2) is 50.1. The van der Waals surface area contributed by atoms with Gasteiger partial charge in [-0.1, -0.05) is 80.4 Å². The smallest absolute Gasteiger partial charge is 0.325 e. The molecule has 1 aromatic carbocycles. The lowest BCUT2D eigenvalue weighted by atomic mass is 9.96. The normalized spacial score (nSPS) is 16.4. The number of likely N-dealkylation sites (tertiary alicyclic amines) is 1. The first-order valence-corrected chi connectivity index (χ1v) is 38.9. The van der Waals surface area contributed by atoms with Crippen LogP contribution in [0.3, 0.4) is 0 Å². The summed E-state index contributed by atoms with van der Waals surface area (Å²) in [5.41, 5.74) is 28.9. The van der Waals surface area contributed by atoms with Gasteiger partial charge >= 0.3 is 17.9 Å². The zero-order valence-corrected chi connectivity index (χ0v) is 66.0. The summed E-state index contributed by atoms with van der Waals surface area (Å²) >= 11 is 1.50. The molecule has 38 nitrogen and oxygen atoms in total. The number of nitrogens with zero attached hydrogens (tertiary/aromatic N) is 2. The second-order valence-electron chi connectivity index (χ2n) is 28.8. The van der Waals surface area contributed by atoms with Gasteiger partial charge in [0.15, 0.2) is 5.96 Å². The van der Waals surface area contributed by atoms with Crippen LogP contribution in [-0.2, 0) is 83.1 Å². The minimum absolute atomic E-state index is 0.00307. The van der Waals surface area contributed by atoms with Crippen LogP contribution >= 0.6 is 11.8 Å². The fraction of sp³-hybridized carbons (Fsp3) is 0.681. The van der Waals surface area contributed by atoms with Crippen molar-refractivity contribution in [1.29, 1.82) is 0 Å². The number of carbonyl (C=O) groups is 16. The molecule has 25 N–H and O–H groups in total. The van der Waals surface area contributed by atoms with E-state index < -0.39 is 217 Å². The predicted molar refractivity (Wildman–Crippen MR) is 410 cm³/mol. The van der Waals surface area contributed by atoms with Gasteiger partial charge in [-0.05, 0) is 144 Å². The van der Waals surface area contributed by atoms with Crippen LogP contribution in [0.25, 0.3) is 0 Å². The second-order valence-corrected chi connectivity index (χ2v) is 29.8. The zero-order valence-electron chi connectivity index (χ0n) is 65.2. The van der Waals surface area contributed by atoms with Gasteiger partial charge < -0.3 is 112 Å². The monoisotopic (exact) mass is 1590 g/mol. The number of phenols is 1. The number of nitrogens with one attached hydrogen (secondary N) is 11. The maximum Gasteiger partial charge on any atom is 0.325 e. The Hall–Kier alpha value is -9.92. The molecule has 1 aromatic rings. The minimum Gasteiger partial charge on any atom is -0.508 e. The summed E-state index contributed by atoms with van der Waals surface area (Å²) in [4.78, 5) is 224. The van der Waals surface area contributed by atoms with Crippen molar-refractivity contribution in [2.75, 3.05) is 31.6 Å². The number of primary amides is 1. The maximum absolute atomic E-state index is 15.0. The Morgan fingerprint density at radius 1 is 0.523 bits per heavy atom. The fourth-order valence-electron chi connectivity index (χ4n) is 11.8. The van der Waals surface area contributed by atoms with Crippen molar-refractivity contribution in [3.8, 4) is 5.75 Å². The molecule has 13 amide bonds. The number of benzene rings is 1. The average molecular weight is 1590 g/mol. The number of guanidine groups is 1. The lowest BCUT2D eigenvalue weighted by Gasteiger charge is -2.33. The van der Waals surface area contributed by atoms with Crippen LogP contribution in [0.15, 0.2) is 29.3 Å². The van der Waals surface area contributed by atoms with Gasteiger partial charge in [-0.25, -0.2) is 0 Å². The van der Waals surface area contributed by atoms with Gasteiger partial charge in [-0.15, -0.1) is 0 Å². The van der Waals surface area contributed by atoms with E-state index in [0.717, 1.165) is 6.92 Å². The van der Waals surface area contributed by atoms with Gasteiger partial charge in [0.1, 0.15) is 78.3 Å². The molecule has 2 rings (SSSR count). The van der Waals surface area contributed by atoms with E-state index >= 15 is 4.79 Å². The summed E-state index contributed by atoms with van der Waals surface area (Å²) in [5, 5.41) is 67.0. The van der Waals surface area contributed by atoms with Gasteiger partial charge in [0.05, 0.1) is 12.5 Å². The maximum atomic E-state index is 15.0. The number of rotatable bonds is 53. The molecule has 0 saturated carbocycles.